The molecule has 1 N–H and O–H groups in total. The van der Waals surface area contributed by atoms with E-state index in [0.29, 0.717) is 25.5 Å². The molecule has 0 fully saturated rings. The molecule has 1 aliphatic rings. The average Bonchev–Trinajstić information content (AvgIpc) is 2.70. The highest BCUT2D eigenvalue weighted by Crippen LogP contribution is 2.26. The normalized spacial score (nSPS) is 15.9. The van der Waals surface area contributed by atoms with Crippen molar-refractivity contribution in [3.05, 3.63) is 77.9 Å². The fourth-order valence-electron chi connectivity index (χ4n) is 3.52. The van der Waals surface area contributed by atoms with Crippen molar-refractivity contribution in [2.75, 3.05) is 13.2 Å². The van der Waals surface area contributed by atoms with Crippen molar-refractivity contribution in [1.82, 2.24) is 5.32 Å². The number of benzene rings is 3. The van der Waals surface area contributed by atoms with E-state index in [9.17, 15) is 4.79 Å². The van der Waals surface area contributed by atoms with Gasteiger partial charge in [0.15, 0.2) is 0 Å². The van der Waals surface area contributed by atoms with Gasteiger partial charge in [-0.2, -0.15) is 0 Å². The summed E-state index contributed by atoms with van der Waals surface area (Å²) in [6.45, 7) is 1.34. The quantitative estimate of drug-likeness (QED) is 0.755. The van der Waals surface area contributed by atoms with Crippen LogP contribution in [0.15, 0.2) is 66.7 Å². The smallest absolute Gasteiger partial charge is 0.220 e. The third kappa shape index (κ3) is 3.88. The first-order chi connectivity index (χ1) is 12.8. The Morgan fingerprint density at radius 1 is 1.00 bits per heavy atom. The summed E-state index contributed by atoms with van der Waals surface area (Å²) in [6, 6.07) is 22.9. The molecule has 4 rings (SSSR count). The molecule has 3 aromatic rings. The molecule has 1 atom stereocenters. The van der Waals surface area contributed by atoms with Crippen molar-refractivity contribution in [1.29, 1.82) is 0 Å². The van der Waals surface area contributed by atoms with E-state index < -0.39 is 0 Å². The Labute approximate surface area is 154 Å². The number of carbonyl (C=O) groups excluding carboxylic acids is 1. The highest BCUT2D eigenvalue weighted by Gasteiger charge is 2.19. The maximum absolute atomic E-state index is 12.2. The molecule has 132 valence electrons. The highest BCUT2D eigenvalue weighted by atomic mass is 16.5. The average molecular weight is 345 g/mol. The van der Waals surface area contributed by atoms with E-state index in [1.54, 1.807) is 0 Å². The van der Waals surface area contributed by atoms with E-state index >= 15 is 0 Å². The van der Waals surface area contributed by atoms with Gasteiger partial charge >= 0.3 is 0 Å². The summed E-state index contributed by atoms with van der Waals surface area (Å²) < 4.78 is 5.79. The van der Waals surface area contributed by atoms with E-state index in [0.717, 1.165) is 18.6 Å². The second kappa shape index (κ2) is 7.61. The SMILES string of the molecule is O=C(CCc1ccc2ccccc2c1)NC[C@H]1COc2ccccc2C1. The number of aryl methyl sites for hydroxylation is 1. The number of nitrogens with one attached hydrogen (secondary N) is 1. The van der Waals surface area contributed by atoms with Gasteiger partial charge in [0, 0.05) is 18.9 Å². The van der Waals surface area contributed by atoms with Gasteiger partial charge in [-0.3, -0.25) is 4.79 Å². The summed E-state index contributed by atoms with van der Waals surface area (Å²) >= 11 is 0. The third-order valence-corrected chi connectivity index (χ3v) is 5.00. The van der Waals surface area contributed by atoms with E-state index in [1.807, 2.05) is 30.3 Å². The zero-order valence-corrected chi connectivity index (χ0v) is 14.8. The molecule has 0 aliphatic carbocycles. The van der Waals surface area contributed by atoms with Gasteiger partial charge in [-0.05, 0) is 40.8 Å². The maximum Gasteiger partial charge on any atom is 0.220 e. The van der Waals surface area contributed by atoms with E-state index in [-0.39, 0.29) is 5.91 Å². The number of amides is 1. The Kier molecular flexibility index (Phi) is 4.87. The zero-order valence-electron chi connectivity index (χ0n) is 14.8. The Balaban J connectivity index is 1.26. The lowest BCUT2D eigenvalue weighted by atomic mass is 9.96. The van der Waals surface area contributed by atoms with Crippen molar-refractivity contribution in [3.63, 3.8) is 0 Å². The van der Waals surface area contributed by atoms with Gasteiger partial charge < -0.3 is 10.1 Å². The molecule has 0 saturated heterocycles. The Morgan fingerprint density at radius 2 is 1.81 bits per heavy atom. The molecule has 0 spiro atoms. The largest absolute Gasteiger partial charge is 0.493 e. The molecular formula is C23H23NO2. The lowest BCUT2D eigenvalue weighted by Gasteiger charge is -2.25. The van der Waals surface area contributed by atoms with Crippen molar-refractivity contribution in [2.24, 2.45) is 5.92 Å². The van der Waals surface area contributed by atoms with Gasteiger partial charge in [0.05, 0.1) is 6.61 Å². The van der Waals surface area contributed by atoms with Gasteiger partial charge in [-0.1, -0.05) is 60.7 Å². The van der Waals surface area contributed by atoms with E-state index in [1.165, 1.54) is 21.9 Å². The van der Waals surface area contributed by atoms with Crippen LogP contribution in [0.1, 0.15) is 17.5 Å². The Hall–Kier alpha value is -2.81. The second-order valence-electron chi connectivity index (χ2n) is 6.97. The van der Waals surface area contributed by atoms with E-state index in [4.69, 9.17) is 4.74 Å². The third-order valence-electron chi connectivity index (χ3n) is 5.00. The predicted octanol–water partition coefficient (Wildman–Crippen LogP) is 4.14. The molecule has 3 aromatic carbocycles. The lowest BCUT2D eigenvalue weighted by Crippen LogP contribution is -2.34. The minimum Gasteiger partial charge on any atom is -0.493 e. The topological polar surface area (TPSA) is 38.3 Å². The number of carbonyl (C=O) groups is 1. The molecular weight excluding hydrogens is 322 g/mol. The fourth-order valence-corrected chi connectivity index (χ4v) is 3.52. The molecule has 0 unspecified atom stereocenters. The summed E-state index contributed by atoms with van der Waals surface area (Å²) in [7, 11) is 0. The van der Waals surface area contributed by atoms with Crippen LogP contribution in [0.2, 0.25) is 0 Å². The molecule has 0 aromatic heterocycles. The van der Waals surface area contributed by atoms with Crippen LogP contribution in [0.5, 0.6) is 5.75 Å². The maximum atomic E-state index is 12.2. The van der Waals surface area contributed by atoms with Crippen LogP contribution >= 0.6 is 0 Å². The molecule has 1 amide bonds. The zero-order chi connectivity index (χ0) is 17.8. The Morgan fingerprint density at radius 3 is 2.73 bits per heavy atom. The lowest BCUT2D eigenvalue weighted by molar-refractivity contribution is -0.121. The summed E-state index contributed by atoms with van der Waals surface area (Å²) in [4.78, 5) is 12.2. The number of para-hydroxylation sites is 1. The summed E-state index contributed by atoms with van der Waals surface area (Å²) in [5, 5.41) is 5.53. The van der Waals surface area contributed by atoms with Crippen LogP contribution in [0.3, 0.4) is 0 Å². The van der Waals surface area contributed by atoms with Crippen molar-refractivity contribution in [3.8, 4) is 5.75 Å². The van der Waals surface area contributed by atoms with Crippen molar-refractivity contribution in [2.45, 2.75) is 19.3 Å². The molecule has 1 heterocycles. The molecule has 3 nitrogen and oxygen atoms in total. The van der Waals surface area contributed by atoms with Crippen LogP contribution in [0, 0.1) is 5.92 Å². The van der Waals surface area contributed by atoms with Gasteiger partial charge in [-0.15, -0.1) is 0 Å². The van der Waals surface area contributed by atoms with Crippen LogP contribution < -0.4 is 10.1 Å². The molecule has 26 heavy (non-hydrogen) atoms. The molecule has 0 saturated carbocycles. The summed E-state index contributed by atoms with van der Waals surface area (Å²) in [5.41, 5.74) is 2.43. The summed E-state index contributed by atoms with van der Waals surface area (Å²) in [5.74, 6) is 1.43. The molecule has 0 radical (unpaired) electrons. The minimum atomic E-state index is 0.108. The van der Waals surface area contributed by atoms with E-state index in [2.05, 4.69) is 41.7 Å². The number of hydrogen-bond donors (Lipinski definition) is 1. The molecule has 1 aliphatic heterocycles. The second-order valence-corrected chi connectivity index (χ2v) is 6.97. The van der Waals surface area contributed by atoms with Gasteiger partial charge in [0.2, 0.25) is 5.91 Å². The van der Waals surface area contributed by atoms with Gasteiger partial charge in [0.1, 0.15) is 5.75 Å². The van der Waals surface area contributed by atoms with Crippen LogP contribution in [0.4, 0.5) is 0 Å². The summed E-state index contributed by atoms with van der Waals surface area (Å²) in [6.07, 6.45) is 2.24. The number of fused-ring (bicyclic) bond motifs is 2. The predicted molar refractivity (Wildman–Crippen MR) is 104 cm³/mol. The highest BCUT2D eigenvalue weighted by molar-refractivity contribution is 5.83. The number of rotatable bonds is 5. The van der Waals surface area contributed by atoms with Crippen LogP contribution in [-0.2, 0) is 17.6 Å². The van der Waals surface area contributed by atoms with Gasteiger partial charge in [0.25, 0.3) is 0 Å². The van der Waals surface area contributed by atoms with Crippen molar-refractivity contribution < 1.29 is 9.53 Å². The first kappa shape index (κ1) is 16.6. The number of hydrogen-bond acceptors (Lipinski definition) is 2. The molecule has 0 bridgehead atoms. The fraction of sp³-hybridized carbons (Fsp3) is 0.261. The first-order valence-corrected chi connectivity index (χ1v) is 9.23. The van der Waals surface area contributed by atoms with Crippen LogP contribution in [0.25, 0.3) is 10.8 Å². The monoisotopic (exact) mass is 345 g/mol. The first-order valence-electron chi connectivity index (χ1n) is 9.23. The molecule has 3 heteroatoms. The number of ether oxygens (including phenoxy) is 1. The Bertz CT molecular complexity index is 919. The van der Waals surface area contributed by atoms with Gasteiger partial charge in [-0.25, -0.2) is 0 Å². The minimum absolute atomic E-state index is 0.108. The standard InChI is InChI=1S/C23H23NO2/c25-23(12-10-17-9-11-19-5-1-2-6-20(19)13-17)24-15-18-14-21-7-3-4-8-22(21)26-16-18/h1-9,11,13,18H,10,12,14-16H2,(H,24,25)/t18-/m0/s1. The van der Waals surface area contributed by atoms with Crippen LogP contribution in [-0.4, -0.2) is 19.1 Å². The van der Waals surface area contributed by atoms with Crippen molar-refractivity contribution >= 4 is 16.7 Å².